The molecule has 0 aliphatic carbocycles. The Morgan fingerprint density at radius 1 is 0.838 bits per heavy atom. The molecule has 0 bridgehead atoms. The van der Waals surface area contributed by atoms with Gasteiger partial charge in [0.05, 0.1) is 12.2 Å². The molecule has 194 valence electrons. The highest BCUT2D eigenvalue weighted by molar-refractivity contribution is 7.80. The number of carbonyl (C=O) groups is 2. The summed E-state index contributed by atoms with van der Waals surface area (Å²) < 4.78 is 11.3. The Bertz CT molecular complexity index is 1150. The standard InChI is InChI=1S/C32H37O4P/c1-6-35-31(33)25(5)22-21-24(4)30(23(2)3)36-32(34)28-19-13-14-20-29(28)37(26-15-9-7-10-16-26)27-17-11-8-12-18-27/h7-20,22-24,30H,6,21H2,1-5H3/b25-22-/t24-,30-/m1/s1. The summed E-state index contributed by atoms with van der Waals surface area (Å²) in [7, 11) is -0.943. The molecule has 37 heavy (non-hydrogen) atoms. The maximum absolute atomic E-state index is 13.7. The van der Waals surface area contributed by atoms with Crippen molar-refractivity contribution in [2.75, 3.05) is 6.61 Å². The van der Waals surface area contributed by atoms with E-state index in [1.54, 1.807) is 13.8 Å². The van der Waals surface area contributed by atoms with E-state index in [0.717, 1.165) is 5.30 Å². The molecule has 0 aliphatic heterocycles. The Morgan fingerprint density at radius 2 is 1.38 bits per heavy atom. The Kier molecular flexibility index (Phi) is 10.7. The van der Waals surface area contributed by atoms with E-state index in [0.29, 0.717) is 24.2 Å². The molecule has 5 heteroatoms. The summed E-state index contributed by atoms with van der Waals surface area (Å²) >= 11 is 0. The van der Waals surface area contributed by atoms with E-state index < -0.39 is 7.92 Å². The van der Waals surface area contributed by atoms with Gasteiger partial charge in [0.25, 0.3) is 0 Å². The van der Waals surface area contributed by atoms with Crippen LogP contribution < -0.4 is 15.9 Å². The van der Waals surface area contributed by atoms with Crippen LogP contribution >= 0.6 is 7.92 Å². The average Bonchev–Trinajstić information content (AvgIpc) is 2.91. The molecule has 0 fully saturated rings. The van der Waals surface area contributed by atoms with Gasteiger partial charge in [-0.15, -0.1) is 0 Å². The van der Waals surface area contributed by atoms with Gasteiger partial charge < -0.3 is 9.47 Å². The van der Waals surface area contributed by atoms with Gasteiger partial charge in [-0.3, -0.25) is 0 Å². The van der Waals surface area contributed by atoms with Crippen LogP contribution in [0, 0.1) is 11.8 Å². The fourth-order valence-corrected chi connectivity index (χ4v) is 6.78. The molecule has 2 atom stereocenters. The molecule has 3 aromatic carbocycles. The van der Waals surface area contributed by atoms with Crippen LogP contribution in [0.4, 0.5) is 0 Å². The van der Waals surface area contributed by atoms with E-state index in [-0.39, 0.29) is 29.9 Å². The monoisotopic (exact) mass is 516 g/mol. The van der Waals surface area contributed by atoms with Crippen LogP contribution in [0.5, 0.6) is 0 Å². The first-order chi connectivity index (χ1) is 17.8. The lowest BCUT2D eigenvalue weighted by Crippen LogP contribution is -2.33. The molecular formula is C32H37O4P. The zero-order valence-corrected chi connectivity index (χ0v) is 23.3. The fraction of sp³-hybridized carbons (Fsp3) is 0.312. The predicted octanol–water partition coefficient (Wildman–Crippen LogP) is 6.16. The lowest BCUT2D eigenvalue weighted by Gasteiger charge is -2.28. The van der Waals surface area contributed by atoms with Gasteiger partial charge in [-0.05, 0) is 62.0 Å². The van der Waals surface area contributed by atoms with Crippen molar-refractivity contribution in [3.8, 4) is 0 Å². The van der Waals surface area contributed by atoms with Crippen molar-refractivity contribution in [3.05, 3.63) is 102 Å². The van der Waals surface area contributed by atoms with Gasteiger partial charge in [0.15, 0.2) is 0 Å². The highest BCUT2D eigenvalue weighted by Crippen LogP contribution is 2.34. The SMILES string of the molecule is CCOC(=O)/C(C)=C\C[C@@H](C)[C@H](OC(=O)c1ccccc1P(c1ccccc1)c1ccccc1)C(C)C. The summed E-state index contributed by atoms with van der Waals surface area (Å²) in [5.41, 5.74) is 1.17. The third kappa shape index (κ3) is 7.63. The van der Waals surface area contributed by atoms with E-state index in [9.17, 15) is 9.59 Å². The Morgan fingerprint density at radius 3 is 1.92 bits per heavy atom. The zero-order chi connectivity index (χ0) is 26.8. The molecule has 0 spiro atoms. The number of hydrogen-bond acceptors (Lipinski definition) is 4. The van der Waals surface area contributed by atoms with Gasteiger partial charge in [0.2, 0.25) is 0 Å². The predicted molar refractivity (Wildman–Crippen MR) is 153 cm³/mol. The number of hydrogen-bond donors (Lipinski definition) is 0. The first-order valence-corrected chi connectivity index (χ1v) is 14.2. The average molecular weight is 517 g/mol. The Hall–Kier alpha value is -3.23. The number of carbonyl (C=O) groups excluding carboxylic acids is 2. The van der Waals surface area contributed by atoms with Crippen LogP contribution in [0.25, 0.3) is 0 Å². The van der Waals surface area contributed by atoms with E-state index in [4.69, 9.17) is 9.47 Å². The van der Waals surface area contributed by atoms with Gasteiger partial charge in [-0.1, -0.05) is 106 Å². The van der Waals surface area contributed by atoms with Crippen molar-refractivity contribution in [1.29, 1.82) is 0 Å². The fourth-order valence-electron chi connectivity index (χ4n) is 4.34. The molecular weight excluding hydrogens is 479 g/mol. The van der Waals surface area contributed by atoms with Crippen molar-refractivity contribution < 1.29 is 19.1 Å². The van der Waals surface area contributed by atoms with Crippen LogP contribution in [0.2, 0.25) is 0 Å². The number of esters is 2. The molecule has 0 heterocycles. The zero-order valence-electron chi connectivity index (χ0n) is 22.4. The van der Waals surface area contributed by atoms with E-state index in [1.807, 2.05) is 66.7 Å². The minimum Gasteiger partial charge on any atom is -0.463 e. The number of rotatable bonds is 11. The lowest BCUT2D eigenvalue weighted by atomic mass is 9.91. The van der Waals surface area contributed by atoms with Crippen molar-refractivity contribution in [2.24, 2.45) is 11.8 Å². The normalized spacial score (nSPS) is 13.3. The highest BCUT2D eigenvalue weighted by atomic mass is 31.1. The summed E-state index contributed by atoms with van der Waals surface area (Å²) in [5, 5.41) is 3.34. The topological polar surface area (TPSA) is 52.6 Å². The maximum Gasteiger partial charge on any atom is 0.339 e. The van der Waals surface area contributed by atoms with Crippen molar-refractivity contribution in [2.45, 2.75) is 47.1 Å². The molecule has 0 aliphatic rings. The van der Waals surface area contributed by atoms with Crippen LogP contribution in [-0.4, -0.2) is 24.6 Å². The number of benzene rings is 3. The summed E-state index contributed by atoms with van der Waals surface area (Å²) in [6.45, 7) is 10.1. The van der Waals surface area contributed by atoms with E-state index in [2.05, 4.69) is 45.0 Å². The van der Waals surface area contributed by atoms with Crippen LogP contribution in [0.15, 0.2) is 96.6 Å². The molecule has 0 amide bonds. The van der Waals surface area contributed by atoms with E-state index >= 15 is 0 Å². The highest BCUT2D eigenvalue weighted by Gasteiger charge is 2.28. The molecule has 0 aromatic heterocycles. The van der Waals surface area contributed by atoms with Gasteiger partial charge in [0.1, 0.15) is 6.10 Å². The molecule has 0 unspecified atom stereocenters. The lowest BCUT2D eigenvalue weighted by molar-refractivity contribution is -0.138. The number of allylic oxidation sites excluding steroid dienone is 1. The smallest absolute Gasteiger partial charge is 0.339 e. The second-order valence-electron chi connectivity index (χ2n) is 9.46. The largest absolute Gasteiger partial charge is 0.463 e. The van der Waals surface area contributed by atoms with Crippen molar-refractivity contribution in [1.82, 2.24) is 0 Å². The molecule has 0 radical (unpaired) electrons. The summed E-state index contributed by atoms with van der Waals surface area (Å²) in [6.07, 6.45) is 2.19. The van der Waals surface area contributed by atoms with Crippen LogP contribution in [0.3, 0.4) is 0 Å². The molecule has 4 nitrogen and oxygen atoms in total. The van der Waals surface area contributed by atoms with Gasteiger partial charge in [-0.2, -0.15) is 0 Å². The molecule has 0 saturated carbocycles. The van der Waals surface area contributed by atoms with Gasteiger partial charge in [0, 0.05) is 5.57 Å². The first-order valence-electron chi connectivity index (χ1n) is 12.9. The van der Waals surface area contributed by atoms with Crippen molar-refractivity contribution >= 4 is 35.8 Å². The summed E-state index contributed by atoms with van der Waals surface area (Å²) in [4.78, 5) is 25.7. The molecule has 0 N–H and O–H groups in total. The third-order valence-electron chi connectivity index (χ3n) is 6.25. The molecule has 3 rings (SSSR count). The van der Waals surface area contributed by atoms with Crippen LogP contribution in [0.1, 0.15) is 51.4 Å². The second-order valence-corrected chi connectivity index (χ2v) is 11.6. The molecule has 3 aromatic rings. The summed E-state index contributed by atoms with van der Waals surface area (Å²) in [6, 6.07) is 28.5. The van der Waals surface area contributed by atoms with Gasteiger partial charge >= 0.3 is 11.9 Å². The Labute approximate surface area is 222 Å². The first kappa shape index (κ1) is 28.3. The van der Waals surface area contributed by atoms with Crippen molar-refractivity contribution in [3.63, 3.8) is 0 Å². The Balaban J connectivity index is 1.90. The minimum absolute atomic E-state index is 0.0326. The minimum atomic E-state index is -0.943. The van der Waals surface area contributed by atoms with Gasteiger partial charge in [-0.25, -0.2) is 9.59 Å². The third-order valence-corrected chi connectivity index (χ3v) is 8.75. The quantitative estimate of drug-likeness (QED) is 0.174. The second kappa shape index (κ2) is 13.9. The molecule has 0 saturated heterocycles. The number of ether oxygens (including phenoxy) is 2. The summed E-state index contributed by atoms with van der Waals surface area (Å²) in [5.74, 6) is -0.471. The van der Waals surface area contributed by atoms with Crippen LogP contribution in [-0.2, 0) is 14.3 Å². The maximum atomic E-state index is 13.7. The van der Waals surface area contributed by atoms with E-state index in [1.165, 1.54) is 10.6 Å².